The molecule has 2 aromatic heterocycles. The predicted molar refractivity (Wildman–Crippen MR) is 156 cm³/mol. The lowest BCUT2D eigenvalue weighted by Gasteiger charge is -2.25. The fourth-order valence-electron chi connectivity index (χ4n) is 4.78. The molecular weight excluding hydrogens is 558 g/mol. The molecule has 0 saturated carbocycles. The van der Waals surface area contributed by atoms with Gasteiger partial charge in [-0.25, -0.2) is 4.79 Å². The topological polar surface area (TPSA) is 246 Å². The molecule has 0 spiro atoms. The number of aromatic nitrogens is 2. The first-order chi connectivity index (χ1) is 20.6. The van der Waals surface area contributed by atoms with E-state index in [1.807, 2.05) is 48.5 Å². The highest BCUT2D eigenvalue weighted by atomic mass is 16.4. The highest BCUT2D eigenvalue weighted by molar-refractivity contribution is 5.96. The Morgan fingerprint density at radius 2 is 1.16 bits per heavy atom. The monoisotopic (exact) mass is 591 g/mol. The second kappa shape index (κ2) is 13.6. The van der Waals surface area contributed by atoms with E-state index in [1.54, 1.807) is 12.4 Å². The number of nitrogens with one attached hydrogen (secondary N) is 5. The number of hydrogen-bond donors (Lipinski definition) is 9. The zero-order valence-corrected chi connectivity index (χ0v) is 23.0. The van der Waals surface area contributed by atoms with Crippen LogP contribution in [0.1, 0.15) is 17.5 Å². The van der Waals surface area contributed by atoms with Crippen LogP contribution in [0.25, 0.3) is 21.8 Å². The molecule has 0 saturated heterocycles. The number of H-pyrrole nitrogens is 2. The molecule has 11 N–H and O–H groups in total. The smallest absolute Gasteiger partial charge is 0.328 e. The number of aromatic amines is 2. The van der Waals surface area contributed by atoms with Crippen molar-refractivity contribution in [3.05, 3.63) is 72.1 Å². The third-order valence-electron chi connectivity index (χ3n) is 7.02. The lowest BCUT2D eigenvalue weighted by Crippen LogP contribution is -2.58. The molecule has 43 heavy (non-hydrogen) atoms. The number of amides is 4. The second-order valence-electron chi connectivity index (χ2n) is 10.1. The van der Waals surface area contributed by atoms with Crippen LogP contribution in [0.3, 0.4) is 0 Å². The van der Waals surface area contributed by atoms with Gasteiger partial charge in [-0.2, -0.15) is 0 Å². The van der Waals surface area contributed by atoms with Crippen molar-refractivity contribution in [2.45, 2.75) is 43.4 Å². The summed E-state index contributed by atoms with van der Waals surface area (Å²) >= 11 is 0. The number of carboxylic acid groups (broad SMARTS) is 1. The summed E-state index contributed by atoms with van der Waals surface area (Å²) < 4.78 is 0. The van der Waals surface area contributed by atoms with Crippen LogP contribution in [0.5, 0.6) is 0 Å². The first kappa shape index (κ1) is 30.7. The van der Waals surface area contributed by atoms with E-state index >= 15 is 0 Å². The minimum absolute atomic E-state index is 0.0132. The van der Waals surface area contributed by atoms with Crippen molar-refractivity contribution in [2.75, 3.05) is 6.61 Å². The maximum absolute atomic E-state index is 13.8. The molecule has 14 heteroatoms. The second-order valence-corrected chi connectivity index (χ2v) is 10.1. The Hall–Kier alpha value is -5.21. The molecule has 0 fully saturated rings. The lowest BCUT2D eigenvalue weighted by atomic mass is 10.0. The number of rotatable bonds is 14. The van der Waals surface area contributed by atoms with Crippen molar-refractivity contribution >= 4 is 51.4 Å². The molecule has 2 aromatic carbocycles. The summed E-state index contributed by atoms with van der Waals surface area (Å²) in [5.41, 5.74) is 13.9. The number of aliphatic hydroxyl groups excluding tert-OH is 1. The predicted octanol–water partition coefficient (Wildman–Crippen LogP) is -0.832. The van der Waals surface area contributed by atoms with Crippen LogP contribution >= 0.6 is 0 Å². The Morgan fingerprint density at radius 3 is 1.60 bits per heavy atom. The molecule has 0 aliphatic heterocycles. The number of hydrogen-bond acceptors (Lipinski definition) is 7. The van der Waals surface area contributed by atoms with E-state index in [0.29, 0.717) is 11.1 Å². The van der Waals surface area contributed by atoms with E-state index < -0.39 is 66.8 Å². The SMILES string of the molecule is NC(=O)C[C@H](N)C(=O)N[C@@H](Cc1c[nH]c2ccccc12)C(=O)N[C@@H](Cc1c[nH]c2ccccc12)C(=O)N[C@@H](CO)C(=O)O. The van der Waals surface area contributed by atoms with Crippen LogP contribution in [0.4, 0.5) is 0 Å². The third kappa shape index (κ3) is 7.55. The fourth-order valence-corrected chi connectivity index (χ4v) is 4.78. The Bertz CT molecular complexity index is 1650. The molecule has 0 radical (unpaired) electrons. The van der Waals surface area contributed by atoms with E-state index in [0.717, 1.165) is 21.8 Å². The number of primary amides is 1. The summed E-state index contributed by atoms with van der Waals surface area (Å²) in [5, 5.41) is 27.8. The summed E-state index contributed by atoms with van der Waals surface area (Å²) in [5.74, 6) is -4.68. The molecule has 0 bridgehead atoms. The van der Waals surface area contributed by atoms with E-state index in [4.69, 9.17) is 11.5 Å². The van der Waals surface area contributed by atoms with E-state index in [1.165, 1.54) is 0 Å². The third-order valence-corrected chi connectivity index (χ3v) is 7.02. The minimum atomic E-state index is -1.61. The van der Waals surface area contributed by atoms with Gasteiger partial charge < -0.3 is 47.6 Å². The molecule has 0 aliphatic carbocycles. The van der Waals surface area contributed by atoms with Gasteiger partial charge >= 0.3 is 5.97 Å². The van der Waals surface area contributed by atoms with E-state index in [9.17, 15) is 34.2 Å². The number of carbonyl (C=O) groups excluding carboxylic acids is 4. The molecule has 226 valence electrons. The molecule has 4 amide bonds. The summed E-state index contributed by atoms with van der Waals surface area (Å²) in [6.07, 6.45) is 2.85. The van der Waals surface area contributed by atoms with Gasteiger partial charge in [0.15, 0.2) is 0 Å². The van der Waals surface area contributed by atoms with Gasteiger partial charge in [0.1, 0.15) is 18.1 Å². The van der Waals surface area contributed by atoms with Crippen molar-refractivity contribution < 1.29 is 34.2 Å². The number of carbonyl (C=O) groups is 5. The van der Waals surface area contributed by atoms with Crippen LogP contribution in [-0.2, 0) is 36.8 Å². The summed E-state index contributed by atoms with van der Waals surface area (Å²) in [7, 11) is 0. The average Bonchev–Trinajstić information content (AvgIpc) is 3.58. The van der Waals surface area contributed by atoms with Gasteiger partial charge in [-0.05, 0) is 23.3 Å². The number of fused-ring (bicyclic) bond motifs is 2. The molecule has 4 atom stereocenters. The van der Waals surface area contributed by atoms with Gasteiger partial charge in [0.05, 0.1) is 19.1 Å². The summed E-state index contributed by atoms with van der Waals surface area (Å²) in [6, 6.07) is 9.15. The van der Waals surface area contributed by atoms with Crippen molar-refractivity contribution in [3.63, 3.8) is 0 Å². The zero-order valence-electron chi connectivity index (χ0n) is 23.0. The van der Waals surface area contributed by atoms with E-state index in [-0.39, 0.29) is 12.8 Å². The van der Waals surface area contributed by atoms with Gasteiger partial charge in [0.2, 0.25) is 23.6 Å². The van der Waals surface area contributed by atoms with Gasteiger partial charge in [-0.1, -0.05) is 36.4 Å². The van der Waals surface area contributed by atoms with Crippen molar-refractivity contribution in [3.8, 4) is 0 Å². The fraction of sp³-hybridized carbons (Fsp3) is 0.276. The number of aliphatic hydroxyl groups is 1. The maximum atomic E-state index is 13.8. The van der Waals surface area contributed by atoms with Crippen molar-refractivity contribution in [1.29, 1.82) is 0 Å². The standard InChI is InChI=1S/C29H33N7O7/c30-19(11-25(31)38)26(39)34-22(9-15-12-32-20-7-3-1-5-17(15)20)27(40)35-23(28(41)36-24(14-37)29(42)43)10-16-13-33-21-8-4-2-6-18(16)21/h1-8,12-13,19,22-24,32-33,37H,9-11,14,30H2,(H2,31,38)(H,34,39)(H,35,40)(H,36,41)(H,42,43)/t19-,22-,23-,24-/m0/s1. The molecule has 14 nitrogen and oxygen atoms in total. The molecule has 2 heterocycles. The number of carboxylic acids is 1. The van der Waals surface area contributed by atoms with Crippen LogP contribution in [-0.4, -0.2) is 80.6 Å². The Morgan fingerprint density at radius 1 is 0.721 bits per heavy atom. The zero-order chi connectivity index (χ0) is 31.1. The van der Waals surface area contributed by atoms with Gasteiger partial charge in [0.25, 0.3) is 0 Å². The molecule has 0 aliphatic rings. The lowest BCUT2D eigenvalue weighted by molar-refractivity contribution is -0.143. The first-order valence-corrected chi connectivity index (χ1v) is 13.5. The summed E-state index contributed by atoms with van der Waals surface area (Å²) in [6.45, 7) is -0.869. The first-order valence-electron chi connectivity index (χ1n) is 13.5. The maximum Gasteiger partial charge on any atom is 0.328 e. The molecular formula is C29H33N7O7. The quantitative estimate of drug-likeness (QED) is 0.0893. The molecule has 4 rings (SSSR count). The Kier molecular flexibility index (Phi) is 9.75. The van der Waals surface area contributed by atoms with Gasteiger partial charge in [-0.15, -0.1) is 0 Å². The van der Waals surface area contributed by atoms with Crippen LogP contribution in [0.15, 0.2) is 60.9 Å². The van der Waals surface area contributed by atoms with Crippen molar-refractivity contribution in [2.24, 2.45) is 11.5 Å². The van der Waals surface area contributed by atoms with Crippen LogP contribution < -0.4 is 27.4 Å². The van der Waals surface area contributed by atoms with E-state index in [2.05, 4.69) is 25.9 Å². The Balaban J connectivity index is 1.63. The highest BCUT2D eigenvalue weighted by Gasteiger charge is 2.31. The van der Waals surface area contributed by atoms with Crippen LogP contribution in [0, 0.1) is 0 Å². The average molecular weight is 592 g/mol. The number of para-hydroxylation sites is 2. The normalized spacial score (nSPS) is 14.0. The van der Waals surface area contributed by atoms with Crippen molar-refractivity contribution in [1.82, 2.24) is 25.9 Å². The number of benzene rings is 2. The Labute approximate surface area is 245 Å². The minimum Gasteiger partial charge on any atom is -0.480 e. The number of nitrogens with two attached hydrogens (primary N) is 2. The summed E-state index contributed by atoms with van der Waals surface area (Å²) in [4.78, 5) is 68.9. The van der Waals surface area contributed by atoms with Gasteiger partial charge in [0, 0.05) is 47.0 Å². The van der Waals surface area contributed by atoms with Gasteiger partial charge in [-0.3, -0.25) is 19.2 Å². The van der Waals surface area contributed by atoms with Crippen LogP contribution in [0.2, 0.25) is 0 Å². The molecule has 4 aromatic rings. The number of aliphatic carboxylic acids is 1. The molecule has 0 unspecified atom stereocenters. The largest absolute Gasteiger partial charge is 0.480 e. The highest BCUT2D eigenvalue weighted by Crippen LogP contribution is 2.21.